The molecule has 2 nitrogen and oxygen atoms in total. The van der Waals surface area contributed by atoms with Crippen molar-refractivity contribution in [2.24, 2.45) is 0 Å². The number of halogens is 2. The van der Waals surface area contributed by atoms with Crippen molar-refractivity contribution in [3.63, 3.8) is 0 Å². The molecule has 1 N–H and O–H groups in total. The number of alkyl halides is 1. The number of benzene rings is 1. The van der Waals surface area contributed by atoms with Crippen LogP contribution in [0.1, 0.15) is 22.8 Å². The molecule has 4 heteroatoms. The number of ketones is 1. The van der Waals surface area contributed by atoms with E-state index in [0.29, 0.717) is 11.1 Å². The van der Waals surface area contributed by atoms with Crippen LogP contribution in [0, 0.1) is 3.57 Å². The number of carbonyl (C=O) groups excluding carboxylic acids is 1. The van der Waals surface area contributed by atoms with Crippen molar-refractivity contribution in [1.29, 1.82) is 0 Å². The first-order chi connectivity index (χ1) is 6.57. The lowest BCUT2D eigenvalue weighted by atomic mass is 10.0. The first kappa shape index (κ1) is 12.1. The highest BCUT2D eigenvalue weighted by molar-refractivity contribution is 14.1. The molecule has 0 saturated heterocycles. The van der Waals surface area contributed by atoms with Crippen LogP contribution in [-0.4, -0.2) is 15.7 Å². The average molecular weight is 369 g/mol. The van der Waals surface area contributed by atoms with Crippen LogP contribution in [0.3, 0.4) is 0 Å². The Morgan fingerprint density at radius 1 is 1.64 bits per heavy atom. The predicted octanol–water partition coefficient (Wildman–Crippen LogP) is 2.75. The molecule has 0 heterocycles. The Balaban J connectivity index is 3.23. The van der Waals surface area contributed by atoms with Gasteiger partial charge in [-0.1, -0.05) is 28.1 Å². The van der Waals surface area contributed by atoms with Gasteiger partial charge < -0.3 is 5.11 Å². The fourth-order valence-corrected chi connectivity index (χ4v) is 2.22. The number of Topliss-reactive ketones (excluding diaryl/α,β-unsaturated/α-hetero) is 1. The monoisotopic (exact) mass is 368 g/mol. The van der Waals surface area contributed by atoms with Crippen molar-refractivity contribution in [3.8, 4) is 0 Å². The normalized spacial score (nSPS) is 12.6. The van der Waals surface area contributed by atoms with Crippen LogP contribution in [0.4, 0.5) is 0 Å². The number of rotatable bonds is 3. The molecule has 1 rings (SSSR count). The molecule has 0 saturated carbocycles. The van der Waals surface area contributed by atoms with E-state index in [9.17, 15) is 4.79 Å². The van der Waals surface area contributed by atoms with Gasteiger partial charge in [-0.3, -0.25) is 4.79 Å². The zero-order valence-electron chi connectivity index (χ0n) is 7.63. The van der Waals surface area contributed by atoms with Crippen LogP contribution in [0.25, 0.3) is 0 Å². The summed E-state index contributed by atoms with van der Waals surface area (Å²) in [6.07, 6.45) is 0. The highest BCUT2D eigenvalue weighted by Gasteiger charge is 2.18. The van der Waals surface area contributed by atoms with Gasteiger partial charge in [0.2, 0.25) is 0 Å². The topological polar surface area (TPSA) is 37.3 Å². The van der Waals surface area contributed by atoms with E-state index in [2.05, 4.69) is 38.5 Å². The van der Waals surface area contributed by atoms with Gasteiger partial charge in [-0.25, -0.2) is 0 Å². The summed E-state index contributed by atoms with van der Waals surface area (Å²) in [6, 6.07) is 5.47. The summed E-state index contributed by atoms with van der Waals surface area (Å²) in [6.45, 7) is 1.68. The number of hydrogen-bond donors (Lipinski definition) is 1. The molecule has 1 atom stereocenters. The number of aliphatic hydroxyl groups excluding tert-OH is 1. The summed E-state index contributed by atoms with van der Waals surface area (Å²) in [5, 5.41) is 9.10. The van der Waals surface area contributed by atoms with Crippen molar-refractivity contribution in [2.45, 2.75) is 18.4 Å². The van der Waals surface area contributed by atoms with Crippen LogP contribution in [0.15, 0.2) is 18.2 Å². The standard InChI is InChI=1S/C10H10BrIO2/c1-6(11)10(14)9-7(5-13)3-2-4-8(9)12/h2-4,6,13H,5H2,1H3. The Labute approximate surface area is 105 Å². The predicted molar refractivity (Wildman–Crippen MR) is 67.8 cm³/mol. The maximum atomic E-state index is 11.8. The molecule has 14 heavy (non-hydrogen) atoms. The Kier molecular flexibility index (Phi) is 4.53. The Hall–Kier alpha value is 0.0600. The second-order valence-electron chi connectivity index (χ2n) is 2.91. The van der Waals surface area contributed by atoms with Crippen LogP contribution >= 0.6 is 38.5 Å². The summed E-state index contributed by atoms with van der Waals surface area (Å²) in [7, 11) is 0. The lowest BCUT2D eigenvalue weighted by Crippen LogP contribution is -2.14. The molecular formula is C10H10BrIO2. The van der Waals surface area contributed by atoms with E-state index in [-0.39, 0.29) is 17.2 Å². The molecule has 0 aliphatic rings. The maximum Gasteiger partial charge on any atom is 0.177 e. The molecule has 1 aromatic carbocycles. The van der Waals surface area contributed by atoms with Gasteiger partial charge in [0.25, 0.3) is 0 Å². The largest absolute Gasteiger partial charge is 0.392 e. The highest BCUT2D eigenvalue weighted by atomic mass is 127. The lowest BCUT2D eigenvalue weighted by Gasteiger charge is -2.09. The van der Waals surface area contributed by atoms with Crippen LogP contribution in [0.2, 0.25) is 0 Å². The fourth-order valence-electron chi connectivity index (χ4n) is 1.18. The third kappa shape index (κ3) is 2.55. The van der Waals surface area contributed by atoms with Gasteiger partial charge in [0.15, 0.2) is 5.78 Å². The molecule has 0 bridgehead atoms. The van der Waals surface area contributed by atoms with E-state index in [1.54, 1.807) is 13.0 Å². The second-order valence-corrected chi connectivity index (χ2v) is 5.45. The average Bonchev–Trinajstić information content (AvgIpc) is 2.16. The van der Waals surface area contributed by atoms with Gasteiger partial charge >= 0.3 is 0 Å². The van der Waals surface area contributed by atoms with E-state index in [1.807, 2.05) is 12.1 Å². The Morgan fingerprint density at radius 3 is 2.79 bits per heavy atom. The molecule has 1 aromatic rings. The molecule has 0 aliphatic heterocycles. The number of aliphatic hydroxyl groups is 1. The van der Waals surface area contributed by atoms with Gasteiger partial charge in [-0.15, -0.1) is 0 Å². The fraction of sp³-hybridized carbons (Fsp3) is 0.300. The smallest absolute Gasteiger partial charge is 0.177 e. The minimum absolute atomic E-state index is 0.0130. The van der Waals surface area contributed by atoms with Crippen molar-refractivity contribution < 1.29 is 9.90 Å². The van der Waals surface area contributed by atoms with Gasteiger partial charge in [-0.2, -0.15) is 0 Å². The molecular weight excluding hydrogens is 359 g/mol. The number of carbonyl (C=O) groups is 1. The zero-order valence-corrected chi connectivity index (χ0v) is 11.4. The summed E-state index contributed by atoms with van der Waals surface area (Å²) < 4.78 is 0.880. The second kappa shape index (κ2) is 5.23. The molecule has 1 unspecified atom stereocenters. The maximum absolute atomic E-state index is 11.8. The van der Waals surface area contributed by atoms with E-state index in [0.717, 1.165) is 3.57 Å². The summed E-state index contributed by atoms with van der Waals surface area (Å²) in [5.41, 5.74) is 1.31. The molecule has 76 valence electrons. The van der Waals surface area contributed by atoms with E-state index >= 15 is 0 Å². The molecule has 0 fully saturated rings. The summed E-state index contributed by atoms with van der Waals surface area (Å²) in [4.78, 5) is 11.6. The van der Waals surface area contributed by atoms with Crippen LogP contribution in [-0.2, 0) is 6.61 Å². The molecule has 0 radical (unpaired) electrons. The van der Waals surface area contributed by atoms with Crippen molar-refractivity contribution in [1.82, 2.24) is 0 Å². The van der Waals surface area contributed by atoms with E-state index < -0.39 is 0 Å². The Bertz CT molecular complexity index is 350. The Morgan fingerprint density at radius 2 is 2.29 bits per heavy atom. The lowest BCUT2D eigenvalue weighted by molar-refractivity contribution is 0.0992. The van der Waals surface area contributed by atoms with Gasteiger partial charge in [0, 0.05) is 9.13 Å². The first-order valence-electron chi connectivity index (χ1n) is 4.14. The van der Waals surface area contributed by atoms with Crippen LogP contribution in [0.5, 0.6) is 0 Å². The number of hydrogen-bond acceptors (Lipinski definition) is 2. The van der Waals surface area contributed by atoms with Gasteiger partial charge in [0.1, 0.15) is 0 Å². The van der Waals surface area contributed by atoms with Crippen molar-refractivity contribution in [2.75, 3.05) is 0 Å². The molecule has 0 aliphatic carbocycles. The van der Waals surface area contributed by atoms with Crippen LogP contribution < -0.4 is 0 Å². The summed E-state index contributed by atoms with van der Waals surface area (Å²) >= 11 is 5.34. The third-order valence-corrected chi connectivity index (χ3v) is 3.19. The van der Waals surface area contributed by atoms with Gasteiger partial charge in [0.05, 0.1) is 11.4 Å². The van der Waals surface area contributed by atoms with Crippen molar-refractivity contribution in [3.05, 3.63) is 32.9 Å². The third-order valence-electron chi connectivity index (χ3n) is 1.88. The van der Waals surface area contributed by atoms with Crippen molar-refractivity contribution >= 4 is 44.3 Å². The molecule has 0 spiro atoms. The highest BCUT2D eigenvalue weighted by Crippen LogP contribution is 2.21. The molecule has 0 aromatic heterocycles. The minimum Gasteiger partial charge on any atom is -0.392 e. The van der Waals surface area contributed by atoms with E-state index in [4.69, 9.17) is 5.11 Å². The quantitative estimate of drug-likeness (QED) is 0.506. The van der Waals surface area contributed by atoms with E-state index in [1.165, 1.54) is 0 Å². The first-order valence-corrected chi connectivity index (χ1v) is 6.14. The molecule has 0 amide bonds. The SMILES string of the molecule is CC(Br)C(=O)c1c(I)cccc1CO. The van der Waals surface area contributed by atoms with Gasteiger partial charge in [-0.05, 0) is 41.1 Å². The summed E-state index contributed by atoms with van der Waals surface area (Å²) in [5.74, 6) is 0.0130. The zero-order chi connectivity index (χ0) is 10.7. The minimum atomic E-state index is -0.219.